The molecule has 19 heavy (non-hydrogen) atoms. The van der Waals surface area contributed by atoms with Gasteiger partial charge < -0.3 is 4.74 Å². The van der Waals surface area contributed by atoms with Crippen molar-refractivity contribution >= 4 is 10.8 Å². The summed E-state index contributed by atoms with van der Waals surface area (Å²) in [7, 11) is 0. The molecule has 1 unspecified atom stereocenters. The van der Waals surface area contributed by atoms with Crippen LogP contribution in [0, 0.1) is 0 Å². The molecule has 0 amide bonds. The van der Waals surface area contributed by atoms with Gasteiger partial charge in [0.15, 0.2) is 0 Å². The quantitative estimate of drug-likeness (QED) is 0.455. The molecule has 0 bridgehead atoms. The molecule has 0 radical (unpaired) electrons. The molecular weight excluding hydrogens is 236 g/mol. The zero-order chi connectivity index (χ0) is 13.5. The summed E-state index contributed by atoms with van der Waals surface area (Å²) in [5.74, 6) is 5.72. The number of hydrazine groups is 1. The van der Waals surface area contributed by atoms with Crippen molar-refractivity contribution in [2.24, 2.45) is 5.84 Å². The first-order valence-corrected chi connectivity index (χ1v) is 6.88. The van der Waals surface area contributed by atoms with Crippen molar-refractivity contribution in [3.8, 4) is 0 Å². The third-order valence-corrected chi connectivity index (χ3v) is 3.39. The number of ether oxygens (including phenoxy) is 1. The Balaban J connectivity index is 2.16. The van der Waals surface area contributed by atoms with Crippen molar-refractivity contribution in [2.75, 3.05) is 13.2 Å². The van der Waals surface area contributed by atoms with Gasteiger partial charge in [0.25, 0.3) is 0 Å². The van der Waals surface area contributed by atoms with Crippen LogP contribution in [0.5, 0.6) is 0 Å². The smallest absolute Gasteiger partial charge is 0.0467 e. The maximum Gasteiger partial charge on any atom is 0.0467 e. The third kappa shape index (κ3) is 3.53. The van der Waals surface area contributed by atoms with Crippen molar-refractivity contribution < 1.29 is 4.74 Å². The van der Waals surface area contributed by atoms with E-state index in [0.29, 0.717) is 0 Å². The molecule has 0 saturated heterocycles. The molecule has 0 saturated carbocycles. The summed E-state index contributed by atoms with van der Waals surface area (Å²) in [6.45, 7) is 3.58. The summed E-state index contributed by atoms with van der Waals surface area (Å²) < 4.78 is 5.38. The molecule has 0 aliphatic carbocycles. The summed E-state index contributed by atoms with van der Waals surface area (Å²) in [6.07, 6.45) is 1.98. The van der Waals surface area contributed by atoms with Crippen LogP contribution in [0.1, 0.15) is 31.4 Å². The van der Waals surface area contributed by atoms with Gasteiger partial charge in [-0.2, -0.15) is 0 Å². The lowest BCUT2D eigenvalue weighted by atomic mass is 9.96. The van der Waals surface area contributed by atoms with Crippen LogP contribution >= 0.6 is 0 Å². The average Bonchev–Trinajstić information content (AvgIpc) is 2.47. The second kappa shape index (κ2) is 7.24. The van der Waals surface area contributed by atoms with Crippen molar-refractivity contribution in [1.82, 2.24) is 5.43 Å². The van der Waals surface area contributed by atoms with Gasteiger partial charge in [-0.3, -0.25) is 11.3 Å². The van der Waals surface area contributed by atoms with E-state index in [-0.39, 0.29) is 6.04 Å². The lowest BCUT2D eigenvalue weighted by Gasteiger charge is -2.18. The second-order valence-corrected chi connectivity index (χ2v) is 4.63. The minimum Gasteiger partial charge on any atom is -0.382 e. The fourth-order valence-corrected chi connectivity index (χ4v) is 2.42. The molecular formula is C16H22N2O. The minimum absolute atomic E-state index is 0.173. The lowest BCUT2D eigenvalue weighted by Crippen LogP contribution is -2.28. The van der Waals surface area contributed by atoms with Gasteiger partial charge in [-0.15, -0.1) is 0 Å². The van der Waals surface area contributed by atoms with Gasteiger partial charge in [-0.1, -0.05) is 42.5 Å². The van der Waals surface area contributed by atoms with E-state index in [2.05, 4.69) is 47.9 Å². The van der Waals surface area contributed by atoms with Crippen molar-refractivity contribution in [3.05, 3.63) is 48.0 Å². The minimum atomic E-state index is 0.173. The number of benzene rings is 2. The van der Waals surface area contributed by atoms with E-state index in [4.69, 9.17) is 10.6 Å². The van der Waals surface area contributed by atoms with Gasteiger partial charge in [0, 0.05) is 19.3 Å². The van der Waals surface area contributed by atoms with Crippen LogP contribution in [-0.4, -0.2) is 13.2 Å². The summed E-state index contributed by atoms with van der Waals surface area (Å²) in [6, 6.07) is 15.0. The van der Waals surface area contributed by atoms with Crippen LogP contribution in [0.4, 0.5) is 0 Å². The molecule has 3 N–H and O–H groups in total. The van der Waals surface area contributed by atoms with Crippen molar-refractivity contribution in [1.29, 1.82) is 0 Å². The van der Waals surface area contributed by atoms with E-state index < -0.39 is 0 Å². The SMILES string of the molecule is CCOCCCC(NN)c1cccc2ccccc12. The highest BCUT2D eigenvalue weighted by atomic mass is 16.5. The number of fused-ring (bicyclic) bond motifs is 1. The number of hydrogen-bond donors (Lipinski definition) is 2. The van der Waals surface area contributed by atoms with Gasteiger partial charge in [0.2, 0.25) is 0 Å². The maximum atomic E-state index is 5.72. The van der Waals surface area contributed by atoms with E-state index >= 15 is 0 Å². The van der Waals surface area contributed by atoms with Crippen LogP contribution in [0.2, 0.25) is 0 Å². The number of hydrogen-bond acceptors (Lipinski definition) is 3. The summed E-state index contributed by atoms with van der Waals surface area (Å²) in [5, 5.41) is 2.52. The molecule has 2 rings (SSSR count). The summed E-state index contributed by atoms with van der Waals surface area (Å²) in [4.78, 5) is 0. The molecule has 2 aromatic rings. The largest absolute Gasteiger partial charge is 0.382 e. The van der Waals surface area contributed by atoms with Gasteiger partial charge in [-0.05, 0) is 36.1 Å². The van der Waals surface area contributed by atoms with E-state index in [1.807, 2.05) is 6.92 Å². The molecule has 0 heterocycles. The van der Waals surface area contributed by atoms with Gasteiger partial charge in [0.05, 0.1) is 0 Å². The van der Waals surface area contributed by atoms with Gasteiger partial charge >= 0.3 is 0 Å². The van der Waals surface area contributed by atoms with Crippen molar-refractivity contribution in [2.45, 2.75) is 25.8 Å². The molecule has 0 aromatic heterocycles. The first kappa shape index (κ1) is 14.0. The van der Waals surface area contributed by atoms with E-state index in [1.165, 1.54) is 16.3 Å². The highest BCUT2D eigenvalue weighted by Gasteiger charge is 2.12. The first-order chi connectivity index (χ1) is 9.36. The summed E-state index contributed by atoms with van der Waals surface area (Å²) in [5.41, 5.74) is 4.19. The normalized spacial score (nSPS) is 12.7. The zero-order valence-corrected chi connectivity index (χ0v) is 11.4. The summed E-state index contributed by atoms with van der Waals surface area (Å²) >= 11 is 0. The highest BCUT2D eigenvalue weighted by Crippen LogP contribution is 2.26. The lowest BCUT2D eigenvalue weighted by molar-refractivity contribution is 0.141. The second-order valence-electron chi connectivity index (χ2n) is 4.63. The number of nitrogens with one attached hydrogen (secondary N) is 1. The standard InChI is InChI=1S/C16H22N2O/c1-2-19-12-6-11-16(18-17)15-10-5-8-13-7-3-4-9-14(13)15/h3-5,7-10,16,18H,2,6,11-12,17H2,1H3. The molecule has 0 aliphatic rings. The Kier molecular flexibility index (Phi) is 5.33. The van der Waals surface area contributed by atoms with Gasteiger partial charge in [-0.25, -0.2) is 0 Å². The monoisotopic (exact) mass is 258 g/mol. The van der Waals surface area contributed by atoms with Crippen LogP contribution in [-0.2, 0) is 4.74 Å². The molecule has 2 aromatic carbocycles. The molecule has 102 valence electrons. The predicted octanol–water partition coefficient (Wildman–Crippen LogP) is 3.16. The highest BCUT2D eigenvalue weighted by molar-refractivity contribution is 5.86. The molecule has 1 atom stereocenters. The third-order valence-electron chi connectivity index (χ3n) is 3.39. The Labute approximate surface area is 114 Å². The molecule has 0 aliphatic heterocycles. The van der Waals surface area contributed by atoms with E-state index in [9.17, 15) is 0 Å². The Morgan fingerprint density at radius 2 is 1.95 bits per heavy atom. The van der Waals surface area contributed by atoms with E-state index in [1.54, 1.807) is 0 Å². The molecule has 3 heteroatoms. The predicted molar refractivity (Wildman–Crippen MR) is 79.7 cm³/mol. The average molecular weight is 258 g/mol. The zero-order valence-electron chi connectivity index (χ0n) is 11.4. The van der Waals surface area contributed by atoms with Crippen LogP contribution in [0.3, 0.4) is 0 Å². The fourth-order valence-electron chi connectivity index (χ4n) is 2.42. The molecule has 0 spiro atoms. The Morgan fingerprint density at radius 3 is 2.74 bits per heavy atom. The fraction of sp³-hybridized carbons (Fsp3) is 0.375. The van der Waals surface area contributed by atoms with Gasteiger partial charge in [0.1, 0.15) is 0 Å². The Morgan fingerprint density at radius 1 is 1.16 bits per heavy atom. The molecule has 3 nitrogen and oxygen atoms in total. The van der Waals surface area contributed by atoms with Crippen LogP contribution in [0.25, 0.3) is 10.8 Å². The molecule has 0 fully saturated rings. The van der Waals surface area contributed by atoms with Crippen LogP contribution in [0.15, 0.2) is 42.5 Å². The van der Waals surface area contributed by atoms with Crippen LogP contribution < -0.4 is 11.3 Å². The topological polar surface area (TPSA) is 47.3 Å². The maximum absolute atomic E-state index is 5.72. The van der Waals surface area contributed by atoms with Crippen molar-refractivity contribution in [3.63, 3.8) is 0 Å². The number of nitrogens with two attached hydrogens (primary N) is 1. The Hall–Kier alpha value is -1.42. The first-order valence-electron chi connectivity index (χ1n) is 6.88. The number of rotatable bonds is 7. The Bertz CT molecular complexity index is 508. The van der Waals surface area contributed by atoms with E-state index in [0.717, 1.165) is 26.1 Å².